The van der Waals surface area contributed by atoms with Gasteiger partial charge in [-0.05, 0) is 34.7 Å². The topological polar surface area (TPSA) is 107 Å². The van der Waals surface area contributed by atoms with Crippen molar-refractivity contribution in [3.05, 3.63) is 67.5 Å². The van der Waals surface area contributed by atoms with Crippen molar-refractivity contribution in [1.82, 2.24) is 5.43 Å². The molecule has 0 spiro atoms. The van der Waals surface area contributed by atoms with Gasteiger partial charge in [-0.3, -0.25) is 14.9 Å². The molecule has 0 aliphatic heterocycles. The molecule has 8 nitrogen and oxygen atoms in total. The van der Waals surface area contributed by atoms with Gasteiger partial charge < -0.3 is 9.15 Å². The van der Waals surface area contributed by atoms with Crippen LogP contribution < -0.4 is 10.2 Å². The second-order valence-corrected chi connectivity index (χ2v) is 6.32. The van der Waals surface area contributed by atoms with Crippen LogP contribution in [0.1, 0.15) is 16.1 Å². The number of furan rings is 1. The van der Waals surface area contributed by atoms with Gasteiger partial charge in [0.15, 0.2) is 17.1 Å². The largest absolute Gasteiger partial charge is 0.493 e. The van der Waals surface area contributed by atoms with E-state index < -0.39 is 10.8 Å². The van der Waals surface area contributed by atoms with Crippen LogP contribution in [0.2, 0.25) is 0 Å². The number of hydrogen-bond acceptors (Lipinski definition) is 6. The second kappa shape index (κ2) is 7.52. The van der Waals surface area contributed by atoms with Crippen molar-refractivity contribution in [1.29, 1.82) is 0 Å². The number of benzene rings is 2. The van der Waals surface area contributed by atoms with Crippen molar-refractivity contribution in [3.63, 3.8) is 0 Å². The number of non-ortho nitro benzene ring substituents is 1. The number of carbonyl (C=O) groups is 1. The number of hydrazone groups is 1. The molecule has 0 saturated carbocycles. The number of fused-ring (bicyclic) bond motifs is 1. The highest BCUT2D eigenvalue weighted by Gasteiger charge is 2.19. The number of nitrogens with zero attached hydrogens (tertiary/aromatic N) is 2. The smallest absolute Gasteiger partial charge is 0.307 e. The fourth-order valence-corrected chi connectivity index (χ4v) is 2.80. The first-order valence-electron chi connectivity index (χ1n) is 7.33. The number of ether oxygens (including phenoxy) is 1. The summed E-state index contributed by atoms with van der Waals surface area (Å²) in [5.74, 6) is -0.428. The van der Waals surface area contributed by atoms with Crippen LogP contribution >= 0.6 is 22.6 Å². The normalized spacial score (nSPS) is 11.0. The van der Waals surface area contributed by atoms with Gasteiger partial charge in [-0.25, -0.2) is 5.43 Å². The summed E-state index contributed by atoms with van der Waals surface area (Å²) in [4.78, 5) is 22.6. The Kier molecular flexibility index (Phi) is 5.16. The average Bonchev–Trinajstić information content (AvgIpc) is 3.06. The number of nitro groups is 1. The number of rotatable bonds is 5. The summed E-state index contributed by atoms with van der Waals surface area (Å²) < 4.78 is 11.6. The van der Waals surface area contributed by atoms with E-state index in [0.29, 0.717) is 5.39 Å². The van der Waals surface area contributed by atoms with Gasteiger partial charge in [0.25, 0.3) is 5.69 Å². The first-order valence-corrected chi connectivity index (χ1v) is 8.41. The quantitative estimate of drug-likeness (QED) is 0.268. The lowest BCUT2D eigenvalue weighted by Crippen LogP contribution is -2.16. The minimum Gasteiger partial charge on any atom is -0.493 e. The van der Waals surface area contributed by atoms with E-state index in [2.05, 4.69) is 33.1 Å². The van der Waals surface area contributed by atoms with Crippen LogP contribution in [-0.4, -0.2) is 24.2 Å². The molecule has 3 aromatic rings. The lowest BCUT2D eigenvalue weighted by atomic mass is 10.2. The van der Waals surface area contributed by atoms with Crippen molar-refractivity contribution in [3.8, 4) is 5.75 Å². The first kappa shape index (κ1) is 17.9. The summed E-state index contributed by atoms with van der Waals surface area (Å²) in [5.41, 5.74) is 3.33. The van der Waals surface area contributed by atoms with Crippen LogP contribution in [0.4, 0.5) is 5.69 Å². The molecule has 0 saturated heterocycles. The van der Waals surface area contributed by atoms with E-state index in [1.54, 1.807) is 0 Å². The van der Waals surface area contributed by atoms with Crippen LogP contribution in [0.5, 0.6) is 5.75 Å². The van der Waals surface area contributed by atoms with Crippen molar-refractivity contribution < 1.29 is 18.9 Å². The molecule has 132 valence electrons. The molecule has 1 aromatic heterocycles. The molecule has 2 aromatic carbocycles. The maximum absolute atomic E-state index is 12.2. The Labute approximate surface area is 161 Å². The third kappa shape index (κ3) is 3.67. The molecule has 0 fully saturated rings. The Morgan fingerprint density at radius 3 is 2.81 bits per heavy atom. The maximum atomic E-state index is 12.2. The summed E-state index contributed by atoms with van der Waals surface area (Å²) in [7, 11) is 1.37. The van der Waals surface area contributed by atoms with E-state index in [9.17, 15) is 14.9 Å². The number of hydrogen-bond donors (Lipinski definition) is 1. The molecule has 0 unspecified atom stereocenters. The Hall–Kier alpha value is -2.95. The molecule has 26 heavy (non-hydrogen) atoms. The van der Waals surface area contributed by atoms with Crippen LogP contribution in [-0.2, 0) is 0 Å². The Morgan fingerprint density at radius 2 is 2.12 bits per heavy atom. The molecule has 0 atom stereocenters. The van der Waals surface area contributed by atoms with Gasteiger partial charge in [-0.1, -0.05) is 18.2 Å². The van der Waals surface area contributed by atoms with E-state index in [4.69, 9.17) is 9.15 Å². The van der Waals surface area contributed by atoms with Crippen LogP contribution in [0, 0.1) is 13.7 Å². The molecule has 1 amide bonds. The Balaban J connectivity index is 1.84. The molecule has 0 radical (unpaired) electrons. The summed E-state index contributed by atoms with van der Waals surface area (Å²) in [6.07, 6.45) is 1.52. The molecule has 1 N–H and O–H groups in total. The highest BCUT2D eigenvalue weighted by molar-refractivity contribution is 14.1. The number of amides is 1. The number of halogens is 1. The van der Waals surface area contributed by atoms with Gasteiger partial charge in [0.05, 0.1) is 24.3 Å². The molecule has 3 rings (SSSR count). The van der Waals surface area contributed by atoms with Gasteiger partial charge in [0, 0.05) is 20.6 Å². The first-order chi connectivity index (χ1) is 12.5. The maximum Gasteiger partial charge on any atom is 0.307 e. The van der Waals surface area contributed by atoms with Crippen molar-refractivity contribution in [2.24, 2.45) is 5.10 Å². The highest BCUT2D eigenvalue weighted by atomic mass is 127. The lowest BCUT2D eigenvalue weighted by Gasteiger charge is -2.00. The molecule has 1 heterocycles. The number of carbonyl (C=O) groups excluding carboxylic acids is 1. The standard InChI is InChI=1S/C17H12IN3O5/c1-25-14-8-12(21(23)24)6-11-7-15(26-16(11)14)17(22)20-19-9-10-4-2-3-5-13(10)18/h2-9H,1H3,(H,20,22)/b19-9-. The van der Waals surface area contributed by atoms with E-state index in [1.165, 1.54) is 31.5 Å². The molecular weight excluding hydrogens is 453 g/mol. The van der Waals surface area contributed by atoms with Crippen LogP contribution in [0.25, 0.3) is 11.0 Å². The van der Waals surface area contributed by atoms with Gasteiger partial charge >= 0.3 is 5.91 Å². The summed E-state index contributed by atoms with van der Waals surface area (Å²) in [6, 6.07) is 11.5. The zero-order valence-electron chi connectivity index (χ0n) is 13.4. The third-order valence-electron chi connectivity index (χ3n) is 3.50. The Morgan fingerprint density at radius 1 is 1.35 bits per heavy atom. The average molecular weight is 465 g/mol. The van der Waals surface area contributed by atoms with Gasteiger partial charge in [-0.15, -0.1) is 0 Å². The van der Waals surface area contributed by atoms with Crippen LogP contribution in [0.3, 0.4) is 0 Å². The van der Waals surface area contributed by atoms with Crippen molar-refractivity contribution >= 4 is 51.4 Å². The fraction of sp³-hybridized carbons (Fsp3) is 0.0588. The molecule has 0 bridgehead atoms. The van der Waals surface area contributed by atoms with Crippen LogP contribution in [0.15, 0.2) is 52.0 Å². The van der Waals surface area contributed by atoms with E-state index >= 15 is 0 Å². The third-order valence-corrected chi connectivity index (χ3v) is 4.48. The zero-order valence-corrected chi connectivity index (χ0v) is 15.6. The molecule has 0 aliphatic rings. The summed E-state index contributed by atoms with van der Waals surface area (Å²) in [5, 5.41) is 15.3. The monoisotopic (exact) mass is 465 g/mol. The summed E-state index contributed by atoms with van der Waals surface area (Å²) >= 11 is 2.16. The molecule has 9 heteroatoms. The molecule has 0 aliphatic carbocycles. The minimum atomic E-state index is -0.576. The SMILES string of the molecule is COc1cc([N+](=O)[O-])cc2cc(C(=O)N/N=C\c3ccccc3I)oc12. The predicted octanol–water partition coefficient (Wildman–Crippen LogP) is 3.72. The fourth-order valence-electron chi connectivity index (χ4n) is 2.27. The van der Waals surface area contributed by atoms with Gasteiger partial charge in [0.1, 0.15) is 0 Å². The zero-order chi connectivity index (χ0) is 18.7. The lowest BCUT2D eigenvalue weighted by molar-refractivity contribution is -0.384. The number of nitro benzene ring substituents is 1. The summed E-state index contributed by atoms with van der Waals surface area (Å²) in [6.45, 7) is 0. The second-order valence-electron chi connectivity index (χ2n) is 5.15. The van der Waals surface area contributed by atoms with Gasteiger partial charge in [-0.2, -0.15) is 5.10 Å². The molecular formula is C17H12IN3O5. The van der Waals surface area contributed by atoms with Gasteiger partial charge in [0.2, 0.25) is 0 Å². The number of nitrogens with one attached hydrogen (secondary N) is 1. The predicted molar refractivity (Wildman–Crippen MR) is 104 cm³/mol. The highest BCUT2D eigenvalue weighted by Crippen LogP contribution is 2.33. The van der Waals surface area contributed by atoms with E-state index in [0.717, 1.165) is 9.13 Å². The van der Waals surface area contributed by atoms with E-state index in [-0.39, 0.29) is 22.8 Å². The number of methoxy groups -OCH3 is 1. The Bertz CT molecular complexity index is 1030. The minimum absolute atomic E-state index is 0.0290. The van der Waals surface area contributed by atoms with E-state index in [1.807, 2.05) is 24.3 Å². The van der Waals surface area contributed by atoms with Crippen molar-refractivity contribution in [2.75, 3.05) is 7.11 Å². The van der Waals surface area contributed by atoms with Crippen molar-refractivity contribution in [2.45, 2.75) is 0 Å².